The lowest BCUT2D eigenvalue weighted by Gasteiger charge is -2.01. The van der Waals surface area contributed by atoms with Gasteiger partial charge in [0.2, 0.25) is 0 Å². The first kappa shape index (κ1) is 8.75. The Balaban J connectivity index is 2.14. The van der Waals surface area contributed by atoms with Crippen molar-refractivity contribution in [3.63, 3.8) is 0 Å². The second-order valence-electron chi connectivity index (χ2n) is 3.15. The molecule has 0 N–H and O–H groups in total. The zero-order chi connectivity index (χ0) is 9.80. The molecule has 70 valence electrons. The van der Waals surface area contributed by atoms with Gasteiger partial charge in [-0.05, 0) is 17.2 Å². The summed E-state index contributed by atoms with van der Waals surface area (Å²) in [6.07, 6.45) is 5.59. The summed E-state index contributed by atoms with van der Waals surface area (Å²) in [5.74, 6) is 0. The van der Waals surface area contributed by atoms with Crippen molar-refractivity contribution in [3.8, 4) is 0 Å². The molecule has 0 aliphatic heterocycles. The van der Waals surface area contributed by atoms with Crippen molar-refractivity contribution in [2.45, 2.75) is 6.54 Å². The van der Waals surface area contributed by atoms with Gasteiger partial charge in [-0.25, -0.2) is 0 Å². The van der Waals surface area contributed by atoms with E-state index in [4.69, 9.17) is 0 Å². The summed E-state index contributed by atoms with van der Waals surface area (Å²) in [6, 6.07) is 10.2. The Bertz CT molecular complexity index is 398. The molecule has 0 saturated carbocycles. The van der Waals surface area contributed by atoms with Crippen LogP contribution in [0.5, 0.6) is 0 Å². The third kappa shape index (κ3) is 1.91. The first-order valence-corrected chi connectivity index (χ1v) is 4.57. The van der Waals surface area contributed by atoms with Crippen LogP contribution in [0.4, 0.5) is 0 Å². The molecule has 2 heteroatoms. The fourth-order valence-corrected chi connectivity index (χ4v) is 1.34. The monoisotopic (exact) mass is 184 g/mol. The molecule has 0 fully saturated rings. The van der Waals surface area contributed by atoms with Crippen LogP contribution in [0, 0.1) is 0 Å². The molecular weight excluding hydrogens is 172 g/mol. The lowest BCUT2D eigenvalue weighted by Crippen LogP contribution is -1.99. The molecule has 0 bridgehead atoms. The highest BCUT2D eigenvalue weighted by atomic mass is 15.3. The van der Waals surface area contributed by atoms with Crippen LogP contribution in [0.1, 0.15) is 11.1 Å². The normalized spacial score (nSPS) is 10.0. The van der Waals surface area contributed by atoms with E-state index in [1.165, 1.54) is 5.56 Å². The number of rotatable bonds is 3. The standard InChI is InChI=1S/C12H12N2/c1-2-11-4-6-12(7-5-11)10-14-9-3-8-13-14/h2-9H,1,10H2. The number of nitrogens with zero attached hydrogens (tertiary/aromatic N) is 2. The first-order chi connectivity index (χ1) is 6.88. The minimum absolute atomic E-state index is 0.824. The van der Waals surface area contributed by atoms with Crippen molar-refractivity contribution in [3.05, 3.63) is 60.4 Å². The number of hydrogen-bond acceptors (Lipinski definition) is 1. The molecule has 0 atom stereocenters. The fourth-order valence-electron chi connectivity index (χ4n) is 1.34. The molecule has 2 aromatic rings. The van der Waals surface area contributed by atoms with Crippen LogP contribution in [-0.4, -0.2) is 9.78 Å². The van der Waals surface area contributed by atoms with E-state index in [9.17, 15) is 0 Å². The Morgan fingerprint density at radius 1 is 1.29 bits per heavy atom. The molecule has 1 heterocycles. The second-order valence-corrected chi connectivity index (χ2v) is 3.15. The molecular formula is C12H12N2. The van der Waals surface area contributed by atoms with E-state index in [0.29, 0.717) is 0 Å². The lowest BCUT2D eigenvalue weighted by molar-refractivity contribution is 0.687. The van der Waals surface area contributed by atoms with Gasteiger partial charge < -0.3 is 0 Å². The van der Waals surface area contributed by atoms with Gasteiger partial charge in [0.15, 0.2) is 0 Å². The van der Waals surface area contributed by atoms with E-state index in [-0.39, 0.29) is 0 Å². The molecule has 2 nitrogen and oxygen atoms in total. The highest BCUT2D eigenvalue weighted by Gasteiger charge is 1.94. The largest absolute Gasteiger partial charge is 0.268 e. The molecule has 2 rings (SSSR count). The van der Waals surface area contributed by atoms with Crippen LogP contribution >= 0.6 is 0 Å². The highest BCUT2D eigenvalue weighted by molar-refractivity contribution is 5.47. The molecule has 0 aliphatic carbocycles. The molecule has 0 spiro atoms. The number of hydrogen-bond donors (Lipinski definition) is 0. The van der Waals surface area contributed by atoms with E-state index in [1.54, 1.807) is 6.20 Å². The molecule has 0 saturated heterocycles. The van der Waals surface area contributed by atoms with Gasteiger partial charge in [-0.1, -0.05) is 36.9 Å². The molecule has 14 heavy (non-hydrogen) atoms. The summed E-state index contributed by atoms with van der Waals surface area (Å²) in [5.41, 5.74) is 2.40. The van der Waals surface area contributed by atoms with Crippen molar-refractivity contribution in [1.82, 2.24) is 9.78 Å². The molecule has 0 radical (unpaired) electrons. The van der Waals surface area contributed by atoms with Gasteiger partial charge in [-0.3, -0.25) is 4.68 Å². The second kappa shape index (κ2) is 3.92. The van der Waals surface area contributed by atoms with Crippen molar-refractivity contribution >= 4 is 6.08 Å². The van der Waals surface area contributed by atoms with Crippen LogP contribution in [0.2, 0.25) is 0 Å². The summed E-state index contributed by atoms with van der Waals surface area (Å²) in [7, 11) is 0. The Kier molecular flexibility index (Phi) is 2.45. The van der Waals surface area contributed by atoms with Crippen molar-refractivity contribution in [2.24, 2.45) is 0 Å². The Labute approximate surface area is 83.5 Å². The van der Waals surface area contributed by atoms with Gasteiger partial charge in [0, 0.05) is 12.4 Å². The van der Waals surface area contributed by atoms with Crippen molar-refractivity contribution < 1.29 is 0 Å². The Hall–Kier alpha value is -1.83. The predicted octanol–water partition coefficient (Wildman–Crippen LogP) is 2.57. The molecule has 1 aromatic heterocycles. The summed E-state index contributed by atoms with van der Waals surface area (Å²) >= 11 is 0. The van der Waals surface area contributed by atoms with E-state index in [1.807, 2.05) is 23.0 Å². The average molecular weight is 184 g/mol. The lowest BCUT2D eigenvalue weighted by atomic mass is 10.1. The number of aromatic nitrogens is 2. The SMILES string of the molecule is C=Cc1ccc(Cn2cccn2)cc1. The maximum Gasteiger partial charge on any atom is 0.0659 e. The maximum absolute atomic E-state index is 4.15. The summed E-state index contributed by atoms with van der Waals surface area (Å²) in [6.45, 7) is 4.54. The molecule has 0 amide bonds. The summed E-state index contributed by atoms with van der Waals surface area (Å²) in [4.78, 5) is 0. The van der Waals surface area contributed by atoms with E-state index >= 15 is 0 Å². The maximum atomic E-state index is 4.15. The van der Waals surface area contributed by atoms with Gasteiger partial charge in [0.25, 0.3) is 0 Å². The average Bonchev–Trinajstić information content (AvgIpc) is 2.72. The van der Waals surface area contributed by atoms with Gasteiger partial charge in [0.05, 0.1) is 6.54 Å². The zero-order valence-electron chi connectivity index (χ0n) is 7.93. The summed E-state index contributed by atoms with van der Waals surface area (Å²) in [5, 5.41) is 4.15. The van der Waals surface area contributed by atoms with Crippen LogP contribution in [-0.2, 0) is 6.54 Å². The zero-order valence-corrected chi connectivity index (χ0v) is 7.93. The van der Waals surface area contributed by atoms with Crippen LogP contribution in [0.15, 0.2) is 49.3 Å². The molecule has 0 aliphatic rings. The van der Waals surface area contributed by atoms with Gasteiger partial charge in [-0.15, -0.1) is 0 Å². The fraction of sp³-hybridized carbons (Fsp3) is 0.0833. The van der Waals surface area contributed by atoms with Crippen LogP contribution < -0.4 is 0 Å². The third-order valence-electron chi connectivity index (χ3n) is 2.12. The van der Waals surface area contributed by atoms with Gasteiger partial charge in [0.1, 0.15) is 0 Å². The van der Waals surface area contributed by atoms with Crippen molar-refractivity contribution in [2.75, 3.05) is 0 Å². The topological polar surface area (TPSA) is 17.8 Å². The van der Waals surface area contributed by atoms with Crippen LogP contribution in [0.25, 0.3) is 6.08 Å². The Morgan fingerprint density at radius 2 is 2.07 bits per heavy atom. The predicted molar refractivity (Wildman–Crippen MR) is 57.9 cm³/mol. The molecule has 0 unspecified atom stereocenters. The summed E-state index contributed by atoms with van der Waals surface area (Å²) < 4.78 is 1.91. The van der Waals surface area contributed by atoms with Crippen LogP contribution in [0.3, 0.4) is 0 Å². The van der Waals surface area contributed by atoms with Crippen molar-refractivity contribution in [1.29, 1.82) is 0 Å². The van der Waals surface area contributed by atoms with Gasteiger partial charge in [-0.2, -0.15) is 5.10 Å². The third-order valence-corrected chi connectivity index (χ3v) is 2.12. The van der Waals surface area contributed by atoms with E-state index in [0.717, 1.165) is 12.1 Å². The quantitative estimate of drug-likeness (QED) is 0.716. The number of benzene rings is 1. The van der Waals surface area contributed by atoms with E-state index in [2.05, 4.69) is 35.9 Å². The molecule has 1 aromatic carbocycles. The first-order valence-electron chi connectivity index (χ1n) is 4.57. The highest BCUT2D eigenvalue weighted by Crippen LogP contribution is 2.06. The Morgan fingerprint density at radius 3 is 2.64 bits per heavy atom. The van der Waals surface area contributed by atoms with E-state index < -0.39 is 0 Å². The minimum Gasteiger partial charge on any atom is -0.268 e. The van der Waals surface area contributed by atoms with Gasteiger partial charge >= 0.3 is 0 Å². The smallest absolute Gasteiger partial charge is 0.0659 e. The minimum atomic E-state index is 0.824.